The Labute approximate surface area is 206 Å². The molecule has 0 saturated carbocycles. The van der Waals surface area contributed by atoms with Crippen molar-refractivity contribution in [3.8, 4) is 22.3 Å². The standard InChI is InChI=1S/C29H30N2O2S/c1-6-7-10-21-11-8-12-22(17-21)27-23(13-9-14-24(32)20(2)3)18-25(34-27)28(4)19-26(33)31(5)29(30-28)15-16-29/h6,8-9,11-12,14-18,20,30H,1,13,19H2,2-5H3/b14-9+/t28-/m0/s1. The van der Waals surface area contributed by atoms with Gasteiger partial charge in [0.15, 0.2) is 5.78 Å². The van der Waals surface area contributed by atoms with Gasteiger partial charge in [0.05, 0.1) is 5.54 Å². The van der Waals surface area contributed by atoms with Gasteiger partial charge < -0.3 is 4.90 Å². The minimum Gasteiger partial charge on any atom is -0.320 e. The number of nitrogens with one attached hydrogen (secondary N) is 1. The Balaban J connectivity index is 1.73. The molecule has 1 N–H and O–H groups in total. The zero-order valence-electron chi connectivity index (χ0n) is 20.1. The van der Waals surface area contributed by atoms with Gasteiger partial charge in [0.1, 0.15) is 5.66 Å². The highest BCUT2D eigenvalue weighted by atomic mass is 32.1. The molecule has 0 radical (unpaired) electrons. The fraction of sp³-hybridized carbons (Fsp3) is 0.310. The maximum absolute atomic E-state index is 12.8. The van der Waals surface area contributed by atoms with Crippen LogP contribution in [0.3, 0.4) is 0 Å². The lowest BCUT2D eigenvalue weighted by Gasteiger charge is -2.45. The average Bonchev–Trinajstić information content (AvgIpc) is 3.43. The van der Waals surface area contributed by atoms with Crippen molar-refractivity contribution < 1.29 is 9.59 Å². The van der Waals surface area contributed by atoms with Gasteiger partial charge in [0.2, 0.25) is 5.91 Å². The first kappa shape index (κ1) is 23.9. The van der Waals surface area contributed by atoms with Crippen LogP contribution in [-0.4, -0.2) is 29.3 Å². The Morgan fingerprint density at radius 1 is 1.32 bits per heavy atom. The monoisotopic (exact) mass is 470 g/mol. The number of carbonyl (C=O) groups excluding carboxylic acids is 2. The number of amides is 1. The zero-order chi connectivity index (χ0) is 24.5. The average molecular weight is 471 g/mol. The summed E-state index contributed by atoms with van der Waals surface area (Å²) in [5.41, 5.74) is 2.19. The molecule has 2 aliphatic rings. The van der Waals surface area contributed by atoms with Crippen molar-refractivity contribution in [1.29, 1.82) is 0 Å². The van der Waals surface area contributed by atoms with E-state index in [2.05, 4.69) is 48.9 Å². The van der Waals surface area contributed by atoms with Gasteiger partial charge in [-0.15, -0.1) is 11.3 Å². The van der Waals surface area contributed by atoms with Gasteiger partial charge in [-0.25, -0.2) is 0 Å². The van der Waals surface area contributed by atoms with Crippen molar-refractivity contribution in [2.75, 3.05) is 7.05 Å². The molecule has 1 aromatic carbocycles. The number of likely N-dealkylation sites (N-methyl/N-ethyl adjacent to an activating group) is 1. The molecule has 1 amide bonds. The van der Waals surface area contributed by atoms with Gasteiger partial charge >= 0.3 is 0 Å². The fourth-order valence-electron chi connectivity index (χ4n) is 4.20. The molecule has 1 spiro atoms. The first-order chi connectivity index (χ1) is 16.2. The minimum absolute atomic E-state index is 0.0237. The molecule has 0 bridgehead atoms. The number of rotatable bonds is 6. The molecular weight excluding hydrogens is 440 g/mol. The SMILES string of the molecule is C=CC#Cc1cccc(-c2sc([C@]3(C)CC(=O)N(C)C4(C=C4)N3)cc2C/C=C/C(=O)C(C)C)c1. The van der Waals surface area contributed by atoms with Crippen LogP contribution in [0.25, 0.3) is 10.4 Å². The smallest absolute Gasteiger partial charge is 0.226 e. The number of ketones is 1. The summed E-state index contributed by atoms with van der Waals surface area (Å²) < 4.78 is 0. The van der Waals surface area contributed by atoms with E-state index in [1.54, 1.807) is 28.4 Å². The summed E-state index contributed by atoms with van der Waals surface area (Å²) in [5.74, 6) is 6.24. The number of nitrogens with zero attached hydrogens (tertiary/aromatic N) is 1. The summed E-state index contributed by atoms with van der Waals surface area (Å²) in [7, 11) is 1.84. The van der Waals surface area contributed by atoms with E-state index in [0.717, 1.165) is 26.4 Å². The molecule has 5 heteroatoms. The molecule has 2 aromatic rings. The number of allylic oxidation sites excluding steroid dienone is 3. The third kappa shape index (κ3) is 4.70. The molecule has 4 rings (SSSR count). The Morgan fingerprint density at radius 3 is 2.76 bits per heavy atom. The molecule has 1 aromatic heterocycles. The molecular formula is C29H30N2O2S. The summed E-state index contributed by atoms with van der Waals surface area (Å²) in [5, 5.41) is 3.70. The highest BCUT2D eigenvalue weighted by Crippen LogP contribution is 2.45. The van der Waals surface area contributed by atoms with Crippen molar-refractivity contribution in [1.82, 2.24) is 10.2 Å². The lowest BCUT2D eigenvalue weighted by Crippen LogP contribution is -2.63. The van der Waals surface area contributed by atoms with E-state index in [4.69, 9.17) is 0 Å². The number of benzene rings is 1. The summed E-state index contributed by atoms with van der Waals surface area (Å²) in [4.78, 5) is 29.0. The third-order valence-corrected chi connectivity index (χ3v) is 7.87. The van der Waals surface area contributed by atoms with Gasteiger partial charge in [-0.3, -0.25) is 14.9 Å². The van der Waals surface area contributed by atoms with Crippen LogP contribution in [0, 0.1) is 17.8 Å². The van der Waals surface area contributed by atoms with Crippen LogP contribution in [-0.2, 0) is 21.5 Å². The van der Waals surface area contributed by atoms with Gasteiger partial charge in [-0.05, 0) is 67.0 Å². The summed E-state index contributed by atoms with van der Waals surface area (Å²) in [6.07, 6.45) is 10.3. The van der Waals surface area contributed by atoms with Gasteiger partial charge in [-0.2, -0.15) is 0 Å². The van der Waals surface area contributed by atoms with Crippen LogP contribution in [0.2, 0.25) is 0 Å². The number of hydrogen-bond acceptors (Lipinski definition) is 4. The molecule has 2 heterocycles. The molecule has 0 unspecified atom stereocenters. The number of hydrogen-bond donors (Lipinski definition) is 1. The van der Waals surface area contributed by atoms with E-state index in [1.807, 2.05) is 51.3 Å². The van der Waals surface area contributed by atoms with Crippen molar-refractivity contribution in [3.05, 3.63) is 83.3 Å². The largest absolute Gasteiger partial charge is 0.320 e. The molecule has 174 valence electrons. The molecule has 1 atom stereocenters. The highest BCUT2D eigenvalue weighted by molar-refractivity contribution is 7.15. The molecule has 1 fully saturated rings. The predicted octanol–water partition coefficient (Wildman–Crippen LogP) is 5.21. The first-order valence-electron chi connectivity index (χ1n) is 11.5. The van der Waals surface area contributed by atoms with Crippen molar-refractivity contribution >= 4 is 23.0 Å². The Hall–Kier alpha value is -3.20. The maximum Gasteiger partial charge on any atom is 0.226 e. The van der Waals surface area contributed by atoms with Crippen LogP contribution in [0.5, 0.6) is 0 Å². The second kappa shape index (κ2) is 9.21. The van der Waals surface area contributed by atoms with Crippen LogP contribution >= 0.6 is 11.3 Å². The second-order valence-electron chi connectivity index (χ2n) is 9.43. The van der Waals surface area contributed by atoms with E-state index >= 15 is 0 Å². The quantitative estimate of drug-likeness (QED) is 0.358. The zero-order valence-corrected chi connectivity index (χ0v) is 21.0. The Kier molecular flexibility index (Phi) is 6.49. The number of thiophene rings is 1. The molecule has 1 aliphatic carbocycles. The summed E-state index contributed by atoms with van der Waals surface area (Å²) in [6, 6.07) is 10.3. The molecule has 1 aliphatic heterocycles. The lowest BCUT2D eigenvalue weighted by molar-refractivity contribution is -0.139. The fourth-order valence-corrected chi connectivity index (χ4v) is 5.48. The van der Waals surface area contributed by atoms with E-state index in [0.29, 0.717) is 12.8 Å². The second-order valence-corrected chi connectivity index (χ2v) is 10.5. The third-order valence-electron chi connectivity index (χ3n) is 6.38. The minimum atomic E-state index is -0.484. The highest BCUT2D eigenvalue weighted by Gasteiger charge is 2.52. The Bertz CT molecular complexity index is 1260. The summed E-state index contributed by atoms with van der Waals surface area (Å²) >= 11 is 1.70. The lowest BCUT2D eigenvalue weighted by atomic mass is 9.90. The summed E-state index contributed by atoms with van der Waals surface area (Å²) in [6.45, 7) is 9.58. The number of carbonyl (C=O) groups is 2. The van der Waals surface area contributed by atoms with Crippen molar-refractivity contribution in [2.45, 2.75) is 44.8 Å². The van der Waals surface area contributed by atoms with Gasteiger partial charge in [0.25, 0.3) is 0 Å². The van der Waals surface area contributed by atoms with Crippen LogP contribution < -0.4 is 5.32 Å². The Morgan fingerprint density at radius 2 is 2.09 bits per heavy atom. The van der Waals surface area contributed by atoms with Gasteiger partial charge in [-0.1, -0.05) is 50.5 Å². The van der Waals surface area contributed by atoms with Crippen LogP contribution in [0.1, 0.15) is 43.2 Å². The predicted molar refractivity (Wildman–Crippen MR) is 139 cm³/mol. The maximum atomic E-state index is 12.8. The van der Waals surface area contributed by atoms with E-state index in [9.17, 15) is 9.59 Å². The molecule has 34 heavy (non-hydrogen) atoms. The van der Waals surface area contributed by atoms with Crippen LogP contribution in [0.15, 0.2) is 67.3 Å². The van der Waals surface area contributed by atoms with Crippen molar-refractivity contribution in [2.24, 2.45) is 5.92 Å². The topological polar surface area (TPSA) is 49.4 Å². The van der Waals surface area contributed by atoms with E-state index in [-0.39, 0.29) is 17.6 Å². The van der Waals surface area contributed by atoms with Crippen LogP contribution in [0.4, 0.5) is 0 Å². The normalized spacial score (nSPS) is 20.6. The van der Waals surface area contributed by atoms with E-state index in [1.165, 1.54) is 0 Å². The first-order valence-corrected chi connectivity index (χ1v) is 12.3. The molecule has 1 saturated heterocycles. The molecule has 4 nitrogen and oxygen atoms in total. The van der Waals surface area contributed by atoms with E-state index < -0.39 is 11.2 Å². The van der Waals surface area contributed by atoms with Crippen molar-refractivity contribution in [3.63, 3.8) is 0 Å². The van der Waals surface area contributed by atoms with Gasteiger partial charge in [0, 0.05) is 34.7 Å².